The Hall–Kier alpha value is -0.780. The minimum atomic E-state index is -6.58. The number of allylic oxidation sites excluding steroid dienone is 1. The zero-order valence-electron chi connectivity index (χ0n) is 7.79. The van der Waals surface area contributed by atoms with Crippen molar-refractivity contribution in [2.45, 2.75) is 17.9 Å². The van der Waals surface area contributed by atoms with E-state index in [1.54, 1.807) is 0 Å². The van der Waals surface area contributed by atoms with Gasteiger partial charge in [-0.15, -0.1) is 0 Å². The van der Waals surface area contributed by atoms with E-state index in [1.165, 1.54) is 0 Å². The Bertz CT molecular complexity index is 474. The monoisotopic (exact) mass is 306 g/mol. The lowest BCUT2D eigenvalue weighted by atomic mass is 10.8. The van der Waals surface area contributed by atoms with Crippen molar-refractivity contribution in [1.29, 1.82) is 0 Å². The van der Waals surface area contributed by atoms with Gasteiger partial charge in [-0.05, 0) is 6.92 Å². The van der Waals surface area contributed by atoms with E-state index in [4.69, 9.17) is 0 Å². The van der Waals surface area contributed by atoms with Crippen LogP contribution in [0.2, 0.25) is 0 Å². The van der Waals surface area contributed by atoms with Gasteiger partial charge >= 0.3 is 11.0 Å². The number of halogens is 6. The summed E-state index contributed by atoms with van der Waals surface area (Å²) < 4.78 is 111. The average Bonchev–Trinajstić information content (AvgIpc) is 1.99. The van der Waals surface area contributed by atoms with Crippen molar-refractivity contribution in [1.82, 2.24) is 0 Å². The number of sulfone groups is 2. The Morgan fingerprint density at radius 1 is 0.824 bits per heavy atom. The molecule has 4 nitrogen and oxygen atoms in total. The molecule has 0 aliphatic rings. The topological polar surface area (TPSA) is 68.3 Å². The molecule has 12 heteroatoms. The largest absolute Gasteiger partial charge is 0.502 e. The van der Waals surface area contributed by atoms with Gasteiger partial charge in [-0.3, -0.25) is 0 Å². The SMILES string of the molecule is CC=C(S(=O)(=O)C(F)(F)F)S(=O)(=O)C(F)(F)F. The number of hydrogen-bond donors (Lipinski definition) is 0. The van der Waals surface area contributed by atoms with Gasteiger partial charge in [-0.2, -0.15) is 26.3 Å². The molecule has 0 aliphatic heterocycles. The van der Waals surface area contributed by atoms with E-state index in [2.05, 4.69) is 0 Å². The summed E-state index contributed by atoms with van der Waals surface area (Å²) in [6, 6.07) is 0. The van der Waals surface area contributed by atoms with Crippen molar-refractivity contribution >= 4 is 19.7 Å². The molecule has 0 radical (unpaired) electrons. The van der Waals surface area contributed by atoms with E-state index in [0.29, 0.717) is 6.92 Å². The number of rotatable bonds is 2. The molecule has 0 heterocycles. The van der Waals surface area contributed by atoms with Crippen LogP contribution in [0, 0.1) is 0 Å². The van der Waals surface area contributed by atoms with Crippen LogP contribution in [0.3, 0.4) is 0 Å². The Kier molecular flexibility index (Phi) is 3.96. The number of alkyl halides is 6. The molecule has 0 N–H and O–H groups in total. The van der Waals surface area contributed by atoms with Gasteiger partial charge in [0.15, 0.2) is 4.24 Å². The second-order valence-corrected chi connectivity index (χ2v) is 6.58. The highest BCUT2D eigenvalue weighted by molar-refractivity contribution is 8.15. The highest BCUT2D eigenvalue weighted by atomic mass is 32.3. The van der Waals surface area contributed by atoms with E-state index >= 15 is 0 Å². The normalized spacial score (nSPS) is 14.5. The van der Waals surface area contributed by atoms with Gasteiger partial charge in [-0.1, -0.05) is 6.08 Å². The molecule has 0 atom stereocenters. The molecule has 0 spiro atoms. The summed E-state index contributed by atoms with van der Waals surface area (Å²) in [5, 5.41) is 0. The summed E-state index contributed by atoms with van der Waals surface area (Å²) in [6.07, 6.45) is -0.272. The fourth-order valence-corrected chi connectivity index (χ4v) is 3.48. The van der Waals surface area contributed by atoms with Gasteiger partial charge in [0, 0.05) is 0 Å². The summed E-state index contributed by atoms with van der Waals surface area (Å²) in [7, 11) is -13.2. The molecule has 0 unspecified atom stereocenters. The fourth-order valence-electron chi connectivity index (χ4n) is 0.683. The molecule has 0 aromatic rings. The quantitative estimate of drug-likeness (QED) is 0.728. The maximum Gasteiger partial charge on any atom is 0.502 e. The van der Waals surface area contributed by atoms with Gasteiger partial charge in [-0.25, -0.2) is 16.8 Å². The Morgan fingerprint density at radius 3 is 1.18 bits per heavy atom. The molecule has 0 aromatic heterocycles. The second kappa shape index (κ2) is 4.15. The Labute approximate surface area is 91.8 Å². The van der Waals surface area contributed by atoms with Crippen molar-refractivity contribution in [3.05, 3.63) is 10.3 Å². The second-order valence-electron chi connectivity index (χ2n) is 2.51. The minimum Gasteiger partial charge on any atom is -0.214 e. The molecule has 0 aliphatic carbocycles. The van der Waals surface area contributed by atoms with Crippen LogP contribution in [0.1, 0.15) is 6.92 Å². The van der Waals surface area contributed by atoms with E-state index in [0.717, 1.165) is 0 Å². The average molecular weight is 306 g/mol. The first-order chi connectivity index (χ1) is 7.19. The molecule has 0 saturated heterocycles. The molecule has 0 fully saturated rings. The number of hydrogen-bond acceptors (Lipinski definition) is 4. The molecule has 0 amide bonds. The third kappa shape index (κ3) is 2.73. The first kappa shape index (κ1) is 16.2. The third-order valence-electron chi connectivity index (χ3n) is 1.37. The van der Waals surface area contributed by atoms with Crippen LogP contribution >= 0.6 is 0 Å². The first-order valence-electron chi connectivity index (χ1n) is 3.48. The highest BCUT2D eigenvalue weighted by Gasteiger charge is 2.59. The lowest BCUT2D eigenvalue weighted by Gasteiger charge is -2.13. The molecule has 0 aromatic carbocycles. The van der Waals surface area contributed by atoms with Crippen LogP contribution < -0.4 is 0 Å². The summed E-state index contributed by atoms with van der Waals surface area (Å²) in [4.78, 5) is 0. The molecule has 0 bridgehead atoms. The van der Waals surface area contributed by atoms with E-state index in [9.17, 15) is 43.2 Å². The van der Waals surface area contributed by atoms with Gasteiger partial charge < -0.3 is 0 Å². The van der Waals surface area contributed by atoms with Gasteiger partial charge in [0.1, 0.15) is 0 Å². The van der Waals surface area contributed by atoms with E-state index in [1.807, 2.05) is 0 Å². The van der Waals surface area contributed by atoms with Crippen LogP contribution in [0.5, 0.6) is 0 Å². The van der Waals surface area contributed by atoms with Gasteiger partial charge in [0.2, 0.25) is 0 Å². The van der Waals surface area contributed by atoms with E-state index < -0.39 is 34.9 Å². The lowest BCUT2D eigenvalue weighted by Crippen LogP contribution is -2.34. The van der Waals surface area contributed by atoms with Crippen LogP contribution in [0.4, 0.5) is 26.3 Å². The Balaban J connectivity index is 6.12. The van der Waals surface area contributed by atoms with Crippen LogP contribution in [0.15, 0.2) is 10.3 Å². The Morgan fingerprint density at radius 2 is 1.06 bits per heavy atom. The zero-order chi connectivity index (χ0) is 14.3. The van der Waals surface area contributed by atoms with Crippen molar-refractivity contribution in [3.63, 3.8) is 0 Å². The lowest BCUT2D eigenvalue weighted by molar-refractivity contribution is -0.0444. The molecular weight excluding hydrogens is 302 g/mol. The fraction of sp³-hybridized carbons (Fsp3) is 0.600. The van der Waals surface area contributed by atoms with Crippen LogP contribution in [-0.4, -0.2) is 27.9 Å². The summed E-state index contributed by atoms with van der Waals surface area (Å²) in [6.45, 7) is 0.432. The van der Waals surface area contributed by atoms with Crippen LogP contribution in [-0.2, 0) is 19.7 Å². The van der Waals surface area contributed by atoms with Gasteiger partial charge in [0.05, 0.1) is 0 Å². The highest BCUT2D eigenvalue weighted by Crippen LogP contribution is 2.38. The maximum atomic E-state index is 11.9. The first-order valence-corrected chi connectivity index (χ1v) is 6.45. The molecule has 0 rings (SSSR count). The molecule has 0 saturated carbocycles. The van der Waals surface area contributed by atoms with Crippen molar-refractivity contribution in [2.75, 3.05) is 0 Å². The smallest absolute Gasteiger partial charge is 0.214 e. The van der Waals surface area contributed by atoms with Crippen LogP contribution in [0.25, 0.3) is 0 Å². The minimum absolute atomic E-state index is 0.272. The molecule has 17 heavy (non-hydrogen) atoms. The van der Waals surface area contributed by atoms with Gasteiger partial charge in [0.25, 0.3) is 19.7 Å². The van der Waals surface area contributed by atoms with Crippen molar-refractivity contribution < 1.29 is 43.2 Å². The standard InChI is InChI=1S/C5H4F6O4S2/c1-2-3(16(12,13)4(6,7)8)17(14,15)5(9,10)11/h2H,1H3. The summed E-state index contributed by atoms with van der Waals surface area (Å²) in [5.74, 6) is 0. The predicted octanol–water partition coefficient (Wildman–Crippen LogP) is 1.72. The van der Waals surface area contributed by atoms with E-state index in [-0.39, 0.29) is 6.08 Å². The van der Waals surface area contributed by atoms with Crippen molar-refractivity contribution in [2.24, 2.45) is 0 Å². The molecular formula is C5H4F6O4S2. The zero-order valence-corrected chi connectivity index (χ0v) is 9.43. The maximum absolute atomic E-state index is 11.9. The third-order valence-corrected chi connectivity index (χ3v) is 5.44. The summed E-state index contributed by atoms with van der Waals surface area (Å²) in [5.41, 5.74) is -12.3. The predicted molar refractivity (Wildman–Crippen MR) is 43.7 cm³/mol. The molecule has 102 valence electrons. The summed E-state index contributed by atoms with van der Waals surface area (Å²) >= 11 is 0. The van der Waals surface area contributed by atoms with Crippen molar-refractivity contribution in [3.8, 4) is 0 Å².